The number of nitrogens with one attached hydrogen (secondary N) is 2. The molecule has 1 aliphatic heterocycles. The Bertz CT molecular complexity index is 433. The van der Waals surface area contributed by atoms with Crippen molar-refractivity contribution in [1.29, 1.82) is 0 Å². The van der Waals surface area contributed by atoms with Crippen molar-refractivity contribution >= 4 is 17.8 Å². The van der Waals surface area contributed by atoms with Gasteiger partial charge in [-0.2, -0.15) is 15.0 Å². The molecule has 1 aromatic rings. The first kappa shape index (κ1) is 14.8. The van der Waals surface area contributed by atoms with Gasteiger partial charge in [-0.25, -0.2) is 0 Å². The lowest BCUT2D eigenvalue weighted by atomic mass is 10.1. The molecule has 2 rings (SSSR count). The molecule has 7 nitrogen and oxygen atoms in total. The molecule has 1 unspecified atom stereocenters. The van der Waals surface area contributed by atoms with Gasteiger partial charge in [0.1, 0.15) is 0 Å². The molecule has 0 saturated carbocycles. The van der Waals surface area contributed by atoms with E-state index in [9.17, 15) is 0 Å². The van der Waals surface area contributed by atoms with E-state index < -0.39 is 0 Å². The Morgan fingerprint density at radius 3 is 2.30 bits per heavy atom. The van der Waals surface area contributed by atoms with Gasteiger partial charge in [0, 0.05) is 26.2 Å². The number of anilines is 3. The number of hydrogen-bond donors (Lipinski definition) is 2. The maximum Gasteiger partial charge on any atom is 0.232 e. The van der Waals surface area contributed by atoms with E-state index in [1.807, 2.05) is 7.05 Å². The van der Waals surface area contributed by atoms with E-state index >= 15 is 0 Å². The van der Waals surface area contributed by atoms with Crippen molar-refractivity contribution in [3.63, 3.8) is 0 Å². The third-order valence-corrected chi connectivity index (χ3v) is 3.50. The second-order valence-electron chi connectivity index (χ2n) is 5.31. The Labute approximate surface area is 120 Å². The van der Waals surface area contributed by atoms with Crippen LogP contribution in [0, 0.1) is 5.92 Å². The number of hydrogen-bond acceptors (Lipinski definition) is 7. The standard InChI is InChI=1S/C13H24N6O/c1-9(2)10(3)15-12-16-11(14-4)17-13(18-12)19-5-7-20-8-6-19/h9-10H,5-8H2,1-4H3,(H2,14,15,16,17,18). The Hall–Kier alpha value is -1.63. The van der Waals surface area contributed by atoms with Crippen LogP contribution < -0.4 is 15.5 Å². The van der Waals surface area contributed by atoms with Gasteiger partial charge in [-0.05, 0) is 12.8 Å². The molecule has 112 valence electrons. The highest BCUT2D eigenvalue weighted by molar-refractivity contribution is 5.44. The van der Waals surface area contributed by atoms with Gasteiger partial charge in [-0.1, -0.05) is 13.8 Å². The van der Waals surface area contributed by atoms with E-state index in [-0.39, 0.29) is 0 Å². The van der Waals surface area contributed by atoms with Crippen molar-refractivity contribution in [2.75, 3.05) is 48.9 Å². The van der Waals surface area contributed by atoms with Crippen LogP contribution in [0.25, 0.3) is 0 Å². The maximum absolute atomic E-state index is 5.36. The Morgan fingerprint density at radius 1 is 1.05 bits per heavy atom. The van der Waals surface area contributed by atoms with Crippen molar-refractivity contribution in [2.45, 2.75) is 26.8 Å². The summed E-state index contributed by atoms with van der Waals surface area (Å²) in [4.78, 5) is 15.4. The molecule has 0 bridgehead atoms. The summed E-state index contributed by atoms with van der Waals surface area (Å²) in [6.07, 6.45) is 0. The minimum atomic E-state index is 0.305. The minimum Gasteiger partial charge on any atom is -0.378 e. The molecule has 20 heavy (non-hydrogen) atoms. The smallest absolute Gasteiger partial charge is 0.232 e. The van der Waals surface area contributed by atoms with E-state index in [4.69, 9.17) is 4.74 Å². The molecule has 2 N–H and O–H groups in total. The predicted molar refractivity (Wildman–Crippen MR) is 80.3 cm³/mol. The van der Waals surface area contributed by atoms with Crippen LogP contribution in [0.5, 0.6) is 0 Å². The molecule has 1 saturated heterocycles. The molecule has 0 radical (unpaired) electrons. The number of rotatable bonds is 5. The number of ether oxygens (including phenoxy) is 1. The largest absolute Gasteiger partial charge is 0.378 e. The van der Waals surface area contributed by atoms with Crippen LogP contribution in [-0.2, 0) is 4.74 Å². The fourth-order valence-electron chi connectivity index (χ4n) is 1.82. The highest BCUT2D eigenvalue weighted by atomic mass is 16.5. The van der Waals surface area contributed by atoms with Crippen LogP contribution in [-0.4, -0.2) is 54.3 Å². The quantitative estimate of drug-likeness (QED) is 0.839. The normalized spacial score (nSPS) is 17.1. The molecule has 7 heteroatoms. The second-order valence-corrected chi connectivity index (χ2v) is 5.31. The zero-order valence-corrected chi connectivity index (χ0v) is 12.7. The van der Waals surface area contributed by atoms with Crippen molar-refractivity contribution in [3.05, 3.63) is 0 Å². The SMILES string of the molecule is CNc1nc(NC(C)C(C)C)nc(N2CCOCC2)n1. The Balaban J connectivity index is 2.19. The van der Waals surface area contributed by atoms with Gasteiger partial charge in [0.25, 0.3) is 0 Å². The molecule has 0 aromatic carbocycles. The summed E-state index contributed by atoms with van der Waals surface area (Å²) in [6, 6.07) is 0.305. The first-order valence-corrected chi connectivity index (χ1v) is 7.13. The molecule has 1 aliphatic rings. The second kappa shape index (κ2) is 6.69. The molecule has 1 aromatic heterocycles. The predicted octanol–water partition coefficient (Wildman–Crippen LogP) is 1.21. The third kappa shape index (κ3) is 3.69. The third-order valence-electron chi connectivity index (χ3n) is 3.50. The molecule has 1 fully saturated rings. The average molecular weight is 280 g/mol. The van der Waals surface area contributed by atoms with E-state index in [0.717, 1.165) is 13.1 Å². The van der Waals surface area contributed by atoms with Crippen LogP contribution in [0.1, 0.15) is 20.8 Å². The topological polar surface area (TPSA) is 75.2 Å². The summed E-state index contributed by atoms with van der Waals surface area (Å²) in [5.41, 5.74) is 0. The monoisotopic (exact) mass is 280 g/mol. The van der Waals surface area contributed by atoms with Gasteiger partial charge >= 0.3 is 0 Å². The van der Waals surface area contributed by atoms with Gasteiger partial charge in [0.2, 0.25) is 17.8 Å². The summed E-state index contributed by atoms with van der Waals surface area (Å²) in [5, 5.41) is 6.32. The Morgan fingerprint density at radius 2 is 1.70 bits per heavy atom. The van der Waals surface area contributed by atoms with E-state index in [1.54, 1.807) is 0 Å². The molecule has 0 aliphatic carbocycles. The van der Waals surface area contributed by atoms with Crippen LogP contribution in [0.4, 0.5) is 17.8 Å². The molecular weight excluding hydrogens is 256 g/mol. The highest BCUT2D eigenvalue weighted by Gasteiger charge is 2.17. The average Bonchev–Trinajstić information content (AvgIpc) is 2.47. The lowest BCUT2D eigenvalue weighted by molar-refractivity contribution is 0.122. The number of nitrogens with zero attached hydrogens (tertiary/aromatic N) is 4. The minimum absolute atomic E-state index is 0.305. The van der Waals surface area contributed by atoms with Crippen molar-refractivity contribution in [2.24, 2.45) is 5.92 Å². The van der Waals surface area contributed by atoms with E-state index in [1.165, 1.54) is 0 Å². The number of morpholine rings is 1. The zero-order valence-electron chi connectivity index (χ0n) is 12.7. The van der Waals surface area contributed by atoms with Gasteiger partial charge in [-0.15, -0.1) is 0 Å². The van der Waals surface area contributed by atoms with Crippen molar-refractivity contribution in [1.82, 2.24) is 15.0 Å². The Kier molecular flexibility index (Phi) is 4.94. The molecule has 0 spiro atoms. The van der Waals surface area contributed by atoms with Crippen LogP contribution in [0.3, 0.4) is 0 Å². The molecule has 0 amide bonds. The zero-order chi connectivity index (χ0) is 14.5. The summed E-state index contributed by atoms with van der Waals surface area (Å²) in [7, 11) is 1.81. The molecular formula is C13H24N6O. The van der Waals surface area contributed by atoms with Gasteiger partial charge in [0.15, 0.2) is 0 Å². The van der Waals surface area contributed by atoms with Gasteiger partial charge in [-0.3, -0.25) is 0 Å². The summed E-state index contributed by atoms with van der Waals surface area (Å²) in [5.74, 6) is 2.41. The summed E-state index contributed by atoms with van der Waals surface area (Å²) in [6.45, 7) is 9.51. The number of aromatic nitrogens is 3. The summed E-state index contributed by atoms with van der Waals surface area (Å²) >= 11 is 0. The van der Waals surface area contributed by atoms with Crippen molar-refractivity contribution in [3.8, 4) is 0 Å². The fraction of sp³-hybridized carbons (Fsp3) is 0.769. The fourth-order valence-corrected chi connectivity index (χ4v) is 1.82. The van der Waals surface area contributed by atoms with Crippen LogP contribution >= 0.6 is 0 Å². The van der Waals surface area contributed by atoms with Gasteiger partial charge < -0.3 is 20.3 Å². The molecule has 1 atom stereocenters. The van der Waals surface area contributed by atoms with E-state index in [0.29, 0.717) is 43.0 Å². The van der Waals surface area contributed by atoms with Crippen LogP contribution in [0.2, 0.25) is 0 Å². The van der Waals surface area contributed by atoms with E-state index in [2.05, 4.69) is 51.3 Å². The lowest BCUT2D eigenvalue weighted by Crippen LogP contribution is -2.37. The first-order valence-electron chi connectivity index (χ1n) is 7.13. The first-order chi connectivity index (χ1) is 9.60. The van der Waals surface area contributed by atoms with Gasteiger partial charge in [0.05, 0.1) is 13.2 Å². The van der Waals surface area contributed by atoms with Crippen molar-refractivity contribution < 1.29 is 4.74 Å². The molecule has 2 heterocycles. The highest BCUT2D eigenvalue weighted by Crippen LogP contribution is 2.16. The lowest BCUT2D eigenvalue weighted by Gasteiger charge is -2.27. The van der Waals surface area contributed by atoms with Crippen LogP contribution in [0.15, 0.2) is 0 Å². The summed E-state index contributed by atoms with van der Waals surface area (Å²) < 4.78 is 5.36. The maximum atomic E-state index is 5.36.